The van der Waals surface area contributed by atoms with Gasteiger partial charge in [-0.1, -0.05) is 48.6 Å². The number of rotatable bonds is 0. The van der Waals surface area contributed by atoms with Gasteiger partial charge in [0.05, 0.1) is 10.8 Å². The predicted octanol–water partition coefficient (Wildman–Crippen LogP) is 2.85. The summed E-state index contributed by atoms with van der Waals surface area (Å²) < 4.78 is 0. The Bertz CT molecular complexity index is 536. The van der Waals surface area contributed by atoms with Gasteiger partial charge in [-0.2, -0.15) is 0 Å². The van der Waals surface area contributed by atoms with E-state index in [9.17, 15) is 0 Å². The van der Waals surface area contributed by atoms with Gasteiger partial charge < -0.3 is 0 Å². The molecule has 0 aromatic carbocycles. The van der Waals surface area contributed by atoms with E-state index in [4.69, 9.17) is 0 Å². The van der Waals surface area contributed by atoms with E-state index in [1.54, 1.807) is 11.1 Å². The van der Waals surface area contributed by atoms with Gasteiger partial charge in [0, 0.05) is 0 Å². The van der Waals surface area contributed by atoms with Crippen LogP contribution in [0.5, 0.6) is 0 Å². The average molecular weight is 176 g/mol. The van der Waals surface area contributed by atoms with Crippen LogP contribution in [0.2, 0.25) is 0 Å². The fourth-order valence-electron chi connectivity index (χ4n) is 3.85. The summed E-state index contributed by atoms with van der Waals surface area (Å²) in [5.41, 5.74) is 6.70. The first kappa shape index (κ1) is 6.02. The van der Waals surface area contributed by atoms with E-state index in [2.05, 4.69) is 48.6 Å². The number of allylic oxidation sites excluding steroid dienone is 12. The Morgan fingerprint density at radius 1 is 0.643 bits per heavy atom. The van der Waals surface area contributed by atoms with Crippen molar-refractivity contribution >= 4 is 0 Å². The van der Waals surface area contributed by atoms with Gasteiger partial charge in [-0.3, -0.25) is 0 Å². The molecule has 0 bridgehead atoms. The van der Waals surface area contributed by atoms with Crippen molar-refractivity contribution in [1.29, 1.82) is 0 Å². The summed E-state index contributed by atoms with van der Waals surface area (Å²) in [4.78, 5) is 0. The van der Waals surface area contributed by atoms with Crippen molar-refractivity contribution in [2.75, 3.05) is 0 Å². The van der Waals surface area contributed by atoms with Crippen molar-refractivity contribution < 1.29 is 0 Å². The van der Waals surface area contributed by atoms with E-state index in [0.29, 0.717) is 0 Å². The fourth-order valence-corrected chi connectivity index (χ4v) is 3.85. The third-order valence-electron chi connectivity index (χ3n) is 4.56. The van der Waals surface area contributed by atoms with Crippen LogP contribution in [-0.4, -0.2) is 0 Å². The molecule has 5 rings (SSSR count). The molecule has 64 valence electrons. The lowest BCUT2D eigenvalue weighted by molar-refractivity contribution is 0.245. The molecule has 1 saturated carbocycles. The molecular weight excluding hydrogens is 168 g/mol. The first-order chi connectivity index (χ1) is 6.89. The minimum atomic E-state index is 0.288. The molecule has 0 aromatic rings. The van der Waals surface area contributed by atoms with E-state index >= 15 is 0 Å². The van der Waals surface area contributed by atoms with E-state index in [1.165, 1.54) is 11.1 Å². The van der Waals surface area contributed by atoms with Crippen LogP contribution in [0.3, 0.4) is 0 Å². The summed E-state index contributed by atoms with van der Waals surface area (Å²) in [6, 6.07) is 0. The van der Waals surface area contributed by atoms with Gasteiger partial charge >= 0.3 is 0 Å². The minimum Gasteiger partial charge on any atom is -0.0677 e. The average Bonchev–Trinajstić information content (AvgIpc) is 2.42. The van der Waals surface area contributed by atoms with Crippen molar-refractivity contribution in [2.24, 2.45) is 10.8 Å². The summed E-state index contributed by atoms with van der Waals surface area (Å²) in [6.07, 6.45) is 18.5. The zero-order chi connectivity index (χ0) is 8.97. The van der Waals surface area contributed by atoms with E-state index < -0.39 is 0 Å². The summed E-state index contributed by atoms with van der Waals surface area (Å²) in [5.74, 6) is 0. The Labute approximate surface area is 82.3 Å². The predicted molar refractivity (Wildman–Crippen MR) is 55.5 cm³/mol. The second-order valence-corrected chi connectivity index (χ2v) is 4.69. The molecule has 0 aromatic heterocycles. The summed E-state index contributed by atoms with van der Waals surface area (Å²) in [5, 5.41) is 0. The SMILES string of the molecule is C1=CC23C1=CC=C2C1=CC=C2C=CC213. The van der Waals surface area contributed by atoms with Crippen molar-refractivity contribution in [1.82, 2.24) is 0 Å². The van der Waals surface area contributed by atoms with Gasteiger partial charge in [-0.25, -0.2) is 0 Å². The van der Waals surface area contributed by atoms with Gasteiger partial charge in [0.1, 0.15) is 0 Å². The highest BCUT2D eigenvalue weighted by atomic mass is 14.7. The summed E-state index contributed by atoms with van der Waals surface area (Å²) in [7, 11) is 0. The Kier molecular flexibility index (Phi) is 0.579. The van der Waals surface area contributed by atoms with Crippen LogP contribution in [-0.2, 0) is 0 Å². The van der Waals surface area contributed by atoms with Crippen LogP contribution in [0, 0.1) is 10.8 Å². The molecule has 0 heteroatoms. The highest BCUT2D eigenvalue weighted by Crippen LogP contribution is 2.80. The second kappa shape index (κ2) is 1.35. The molecule has 5 aliphatic rings. The van der Waals surface area contributed by atoms with Gasteiger partial charge in [-0.15, -0.1) is 0 Å². The maximum atomic E-state index is 2.39. The van der Waals surface area contributed by atoms with Gasteiger partial charge in [-0.05, 0) is 22.3 Å². The Hall–Kier alpha value is -1.56. The van der Waals surface area contributed by atoms with E-state index in [-0.39, 0.29) is 10.8 Å². The smallest absolute Gasteiger partial charge is 0.0560 e. The summed E-state index contributed by atoms with van der Waals surface area (Å²) in [6.45, 7) is 0. The molecule has 14 heavy (non-hydrogen) atoms. The molecule has 2 atom stereocenters. The third-order valence-corrected chi connectivity index (χ3v) is 4.56. The van der Waals surface area contributed by atoms with Crippen molar-refractivity contribution in [2.45, 2.75) is 0 Å². The molecular formula is C14H8. The lowest BCUT2D eigenvalue weighted by Gasteiger charge is -2.64. The fraction of sp³-hybridized carbons (Fsp3) is 0.143. The zero-order valence-electron chi connectivity index (χ0n) is 7.62. The molecule has 5 aliphatic carbocycles. The Morgan fingerprint density at radius 2 is 1.14 bits per heavy atom. The third kappa shape index (κ3) is 0.282. The first-order valence-corrected chi connectivity index (χ1v) is 5.14. The van der Waals surface area contributed by atoms with Crippen LogP contribution < -0.4 is 0 Å². The summed E-state index contributed by atoms with van der Waals surface area (Å²) >= 11 is 0. The van der Waals surface area contributed by atoms with Crippen LogP contribution in [0.1, 0.15) is 0 Å². The van der Waals surface area contributed by atoms with Crippen LogP contribution in [0.25, 0.3) is 0 Å². The van der Waals surface area contributed by atoms with Gasteiger partial charge in [0.15, 0.2) is 0 Å². The maximum Gasteiger partial charge on any atom is 0.0560 e. The highest BCUT2D eigenvalue weighted by Gasteiger charge is 2.72. The standard InChI is InChI=1S/C14H8/c1-3-11-12-4-2-10-6-8-14(10,12)13(11)7-5-9(1)13/h1-8H. The second-order valence-electron chi connectivity index (χ2n) is 4.69. The molecule has 0 nitrogen and oxygen atoms in total. The Balaban J connectivity index is 1.96. The van der Waals surface area contributed by atoms with Gasteiger partial charge in [0.25, 0.3) is 0 Å². The zero-order valence-corrected chi connectivity index (χ0v) is 7.62. The highest BCUT2D eigenvalue weighted by molar-refractivity contribution is 5.85. The first-order valence-electron chi connectivity index (χ1n) is 5.14. The molecule has 1 fully saturated rings. The minimum absolute atomic E-state index is 0.288. The van der Waals surface area contributed by atoms with E-state index in [1.807, 2.05) is 0 Å². The van der Waals surface area contributed by atoms with Crippen LogP contribution in [0.4, 0.5) is 0 Å². The molecule has 2 spiro atoms. The van der Waals surface area contributed by atoms with Gasteiger partial charge in [0.2, 0.25) is 0 Å². The van der Waals surface area contributed by atoms with E-state index in [0.717, 1.165) is 0 Å². The normalized spacial score (nSPS) is 46.9. The molecule has 0 heterocycles. The molecule has 0 amide bonds. The molecule has 2 unspecified atom stereocenters. The number of fused-ring (bicyclic) bond motifs is 1. The maximum absolute atomic E-state index is 2.39. The number of hydrogen-bond donors (Lipinski definition) is 0. The topological polar surface area (TPSA) is 0 Å². The molecule has 0 radical (unpaired) electrons. The number of hydrogen-bond acceptors (Lipinski definition) is 0. The monoisotopic (exact) mass is 176 g/mol. The quantitative estimate of drug-likeness (QED) is 0.532. The van der Waals surface area contributed by atoms with Crippen molar-refractivity contribution in [3.05, 3.63) is 70.9 Å². The van der Waals surface area contributed by atoms with Crippen molar-refractivity contribution in [3.63, 3.8) is 0 Å². The molecule has 0 N–H and O–H groups in total. The largest absolute Gasteiger partial charge is 0.0677 e. The van der Waals surface area contributed by atoms with Crippen LogP contribution in [0.15, 0.2) is 70.9 Å². The van der Waals surface area contributed by atoms with Crippen LogP contribution >= 0.6 is 0 Å². The molecule has 0 aliphatic heterocycles. The molecule has 0 saturated heterocycles. The Morgan fingerprint density at radius 3 is 1.50 bits per heavy atom. The lowest BCUT2D eigenvalue weighted by atomic mass is 9.36. The van der Waals surface area contributed by atoms with Crippen molar-refractivity contribution in [3.8, 4) is 0 Å². The lowest BCUT2D eigenvalue weighted by Crippen LogP contribution is -2.57.